The van der Waals surface area contributed by atoms with Crippen LogP contribution in [0.15, 0.2) is 76.3 Å². The Morgan fingerprint density at radius 1 is 1.00 bits per heavy atom. The summed E-state index contributed by atoms with van der Waals surface area (Å²) in [6.07, 6.45) is 1.54. The van der Waals surface area contributed by atoms with Gasteiger partial charge in [-0.15, -0.1) is 0 Å². The molecule has 0 radical (unpaired) electrons. The Balaban J connectivity index is 1.66. The van der Waals surface area contributed by atoms with Gasteiger partial charge in [0.15, 0.2) is 11.5 Å². The molecular weight excluding hydrogens is 460 g/mol. The standard InChI is InChI=1S/C24H23BrN2O4/c1-3-30-21-12-10-19(25)14-20(21)24(28)27-26-15-18-9-11-22(23(13-18)29-2)31-16-17-7-5-4-6-8-17/h4-15H,3,16H2,1-2H3,(H,27,28)/b26-15-. The number of methoxy groups -OCH3 is 1. The van der Waals surface area contributed by atoms with Crippen LogP contribution in [0.3, 0.4) is 0 Å². The van der Waals surface area contributed by atoms with Gasteiger partial charge in [-0.3, -0.25) is 4.79 Å². The maximum atomic E-state index is 12.5. The summed E-state index contributed by atoms with van der Waals surface area (Å²) in [5, 5.41) is 4.06. The highest BCUT2D eigenvalue weighted by atomic mass is 79.9. The molecule has 0 spiro atoms. The molecule has 0 atom stereocenters. The fourth-order valence-corrected chi connectivity index (χ4v) is 3.17. The van der Waals surface area contributed by atoms with E-state index in [0.29, 0.717) is 36.0 Å². The number of benzene rings is 3. The van der Waals surface area contributed by atoms with Crippen molar-refractivity contribution in [3.05, 3.63) is 87.9 Å². The Labute approximate surface area is 190 Å². The summed E-state index contributed by atoms with van der Waals surface area (Å²) in [6, 6.07) is 20.6. The largest absolute Gasteiger partial charge is 0.493 e. The van der Waals surface area contributed by atoms with Crippen LogP contribution in [0.2, 0.25) is 0 Å². The number of carbonyl (C=O) groups is 1. The second kappa shape index (κ2) is 11.2. The number of halogens is 1. The molecule has 0 bridgehead atoms. The summed E-state index contributed by atoms with van der Waals surface area (Å²) >= 11 is 3.37. The Bertz CT molecular complexity index is 1050. The monoisotopic (exact) mass is 482 g/mol. The first-order valence-corrected chi connectivity index (χ1v) is 10.5. The van der Waals surface area contributed by atoms with Gasteiger partial charge < -0.3 is 14.2 Å². The molecule has 0 heterocycles. The van der Waals surface area contributed by atoms with Crippen LogP contribution in [0.1, 0.15) is 28.4 Å². The normalized spacial score (nSPS) is 10.7. The lowest BCUT2D eigenvalue weighted by Gasteiger charge is -2.11. The molecule has 0 aromatic heterocycles. The maximum Gasteiger partial charge on any atom is 0.275 e. The molecule has 0 aliphatic heterocycles. The predicted molar refractivity (Wildman–Crippen MR) is 124 cm³/mol. The maximum absolute atomic E-state index is 12.5. The Morgan fingerprint density at radius 2 is 1.77 bits per heavy atom. The molecule has 7 heteroatoms. The summed E-state index contributed by atoms with van der Waals surface area (Å²) in [4.78, 5) is 12.5. The van der Waals surface area contributed by atoms with Gasteiger partial charge in [-0.1, -0.05) is 46.3 Å². The Morgan fingerprint density at radius 3 is 2.52 bits per heavy atom. The zero-order valence-corrected chi connectivity index (χ0v) is 18.9. The summed E-state index contributed by atoms with van der Waals surface area (Å²) in [7, 11) is 1.58. The lowest BCUT2D eigenvalue weighted by molar-refractivity contribution is 0.0951. The van der Waals surface area contributed by atoms with Crippen LogP contribution in [-0.2, 0) is 6.61 Å². The van der Waals surface area contributed by atoms with Gasteiger partial charge in [-0.05, 0) is 54.4 Å². The van der Waals surface area contributed by atoms with Gasteiger partial charge in [0.1, 0.15) is 12.4 Å². The molecule has 0 aliphatic rings. The van der Waals surface area contributed by atoms with Crippen molar-refractivity contribution in [2.24, 2.45) is 5.10 Å². The number of hydrazone groups is 1. The van der Waals surface area contributed by atoms with Crippen LogP contribution >= 0.6 is 15.9 Å². The number of nitrogens with one attached hydrogen (secondary N) is 1. The number of rotatable bonds is 9. The Kier molecular flexibility index (Phi) is 8.06. The number of hydrogen-bond acceptors (Lipinski definition) is 5. The molecular formula is C24H23BrN2O4. The van der Waals surface area contributed by atoms with E-state index in [4.69, 9.17) is 14.2 Å². The molecule has 3 aromatic rings. The van der Waals surface area contributed by atoms with Gasteiger partial charge in [-0.25, -0.2) is 5.43 Å². The fourth-order valence-electron chi connectivity index (χ4n) is 2.81. The van der Waals surface area contributed by atoms with Gasteiger partial charge in [0, 0.05) is 4.47 Å². The lowest BCUT2D eigenvalue weighted by Crippen LogP contribution is -2.18. The fraction of sp³-hybridized carbons (Fsp3) is 0.167. The Hall–Kier alpha value is -3.32. The number of nitrogens with zero attached hydrogens (tertiary/aromatic N) is 1. The van der Waals surface area contributed by atoms with Crippen LogP contribution in [0.5, 0.6) is 17.2 Å². The van der Waals surface area contributed by atoms with E-state index in [1.807, 2.05) is 55.5 Å². The summed E-state index contributed by atoms with van der Waals surface area (Å²) in [6.45, 7) is 2.77. The number of hydrogen-bond donors (Lipinski definition) is 1. The molecule has 0 saturated heterocycles. The smallest absolute Gasteiger partial charge is 0.275 e. The highest BCUT2D eigenvalue weighted by molar-refractivity contribution is 9.10. The van der Waals surface area contributed by atoms with E-state index < -0.39 is 0 Å². The van der Waals surface area contributed by atoms with E-state index in [1.54, 1.807) is 31.5 Å². The van der Waals surface area contributed by atoms with Crippen molar-refractivity contribution in [3.8, 4) is 17.2 Å². The van der Waals surface area contributed by atoms with E-state index in [2.05, 4.69) is 26.5 Å². The minimum absolute atomic E-state index is 0.365. The highest BCUT2D eigenvalue weighted by Crippen LogP contribution is 2.28. The van der Waals surface area contributed by atoms with Crippen LogP contribution in [0.4, 0.5) is 0 Å². The van der Waals surface area contributed by atoms with Gasteiger partial charge in [0.2, 0.25) is 0 Å². The van der Waals surface area contributed by atoms with E-state index in [-0.39, 0.29) is 5.91 Å². The molecule has 0 fully saturated rings. The zero-order chi connectivity index (χ0) is 22.1. The molecule has 1 amide bonds. The highest BCUT2D eigenvalue weighted by Gasteiger charge is 2.12. The second-order valence-corrected chi connectivity index (χ2v) is 7.37. The molecule has 3 aromatic carbocycles. The van der Waals surface area contributed by atoms with Crippen LogP contribution in [-0.4, -0.2) is 25.8 Å². The van der Waals surface area contributed by atoms with E-state index >= 15 is 0 Å². The van der Waals surface area contributed by atoms with Gasteiger partial charge in [-0.2, -0.15) is 5.10 Å². The first-order valence-electron chi connectivity index (χ1n) is 9.71. The molecule has 31 heavy (non-hydrogen) atoms. The number of amides is 1. The van der Waals surface area contributed by atoms with E-state index in [9.17, 15) is 4.79 Å². The molecule has 160 valence electrons. The third kappa shape index (κ3) is 6.33. The van der Waals surface area contributed by atoms with Gasteiger partial charge in [0.05, 0.1) is 25.5 Å². The van der Waals surface area contributed by atoms with Crippen molar-refractivity contribution < 1.29 is 19.0 Å². The summed E-state index contributed by atoms with van der Waals surface area (Å²) < 4.78 is 17.6. The van der Waals surface area contributed by atoms with Crippen LogP contribution in [0, 0.1) is 0 Å². The van der Waals surface area contributed by atoms with E-state index in [1.165, 1.54) is 0 Å². The van der Waals surface area contributed by atoms with Crippen molar-refractivity contribution in [3.63, 3.8) is 0 Å². The summed E-state index contributed by atoms with van der Waals surface area (Å²) in [5.74, 6) is 1.34. The van der Waals surface area contributed by atoms with Crippen molar-refractivity contribution in [2.75, 3.05) is 13.7 Å². The minimum atomic E-state index is -0.365. The SMILES string of the molecule is CCOc1ccc(Br)cc1C(=O)N/N=C\c1ccc(OCc2ccccc2)c(OC)c1. The third-order valence-electron chi connectivity index (χ3n) is 4.29. The summed E-state index contributed by atoms with van der Waals surface area (Å²) in [5.41, 5.74) is 4.75. The number of ether oxygens (including phenoxy) is 3. The molecule has 0 unspecified atom stereocenters. The van der Waals surface area contributed by atoms with Gasteiger partial charge in [0.25, 0.3) is 5.91 Å². The molecule has 0 aliphatic carbocycles. The molecule has 6 nitrogen and oxygen atoms in total. The minimum Gasteiger partial charge on any atom is -0.493 e. The predicted octanol–water partition coefficient (Wildman–Crippen LogP) is 5.20. The number of carbonyl (C=O) groups excluding carboxylic acids is 1. The quantitative estimate of drug-likeness (QED) is 0.336. The van der Waals surface area contributed by atoms with Gasteiger partial charge >= 0.3 is 0 Å². The van der Waals surface area contributed by atoms with Crippen molar-refractivity contribution in [2.45, 2.75) is 13.5 Å². The first-order chi connectivity index (χ1) is 15.1. The average Bonchev–Trinajstić information content (AvgIpc) is 2.80. The zero-order valence-electron chi connectivity index (χ0n) is 17.3. The van der Waals surface area contributed by atoms with E-state index in [0.717, 1.165) is 15.6 Å². The average molecular weight is 483 g/mol. The van der Waals surface area contributed by atoms with Crippen LogP contribution in [0.25, 0.3) is 0 Å². The third-order valence-corrected chi connectivity index (χ3v) is 4.78. The topological polar surface area (TPSA) is 69.2 Å². The van der Waals surface area contributed by atoms with Crippen molar-refractivity contribution in [1.29, 1.82) is 0 Å². The molecule has 3 rings (SSSR count). The van der Waals surface area contributed by atoms with Crippen molar-refractivity contribution >= 4 is 28.1 Å². The van der Waals surface area contributed by atoms with Crippen LogP contribution < -0.4 is 19.6 Å². The molecule has 1 N–H and O–H groups in total. The second-order valence-electron chi connectivity index (χ2n) is 6.46. The van der Waals surface area contributed by atoms with Crippen molar-refractivity contribution in [1.82, 2.24) is 5.43 Å². The lowest BCUT2D eigenvalue weighted by atomic mass is 10.2. The molecule has 0 saturated carbocycles. The first kappa shape index (κ1) is 22.4.